The molecule has 2 N–H and O–H groups in total. The molecule has 4 aromatic rings. The number of nitrogens with one attached hydrogen (secondary N) is 1. The first-order chi connectivity index (χ1) is 14.4. The number of ether oxygens (including phenoxy) is 1. The van der Waals surface area contributed by atoms with Crippen LogP contribution >= 0.6 is 0 Å². The van der Waals surface area contributed by atoms with Gasteiger partial charge in [-0.3, -0.25) is 9.48 Å². The Balaban J connectivity index is 1.62. The smallest absolute Gasteiger partial charge is 0.307 e. The molecule has 0 unspecified atom stereocenters. The number of aromatic amines is 1. The summed E-state index contributed by atoms with van der Waals surface area (Å²) >= 11 is 0. The minimum Gasteiger partial charge on any atom is -0.497 e. The number of hydrogen-bond donors (Lipinski definition) is 2. The van der Waals surface area contributed by atoms with Crippen molar-refractivity contribution in [3.63, 3.8) is 0 Å². The molecule has 154 valence electrons. The first kappa shape index (κ1) is 19.6. The highest BCUT2D eigenvalue weighted by molar-refractivity contribution is 5.80. The lowest BCUT2D eigenvalue weighted by Gasteiger charge is -2.08. The maximum absolute atomic E-state index is 14.8. The topological polar surface area (TPSA) is 93.0 Å². The summed E-state index contributed by atoms with van der Waals surface area (Å²) in [4.78, 5) is 18.8. The molecule has 0 aliphatic rings. The summed E-state index contributed by atoms with van der Waals surface area (Å²) in [5, 5.41) is 13.4. The molecular formula is C22H21FN4O3. The van der Waals surface area contributed by atoms with Crippen molar-refractivity contribution in [2.75, 3.05) is 7.11 Å². The van der Waals surface area contributed by atoms with Gasteiger partial charge in [-0.25, -0.2) is 9.37 Å². The fourth-order valence-corrected chi connectivity index (χ4v) is 3.53. The number of imidazole rings is 1. The number of hydrogen-bond acceptors (Lipinski definition) is 4. The normalized spacial score (nSPS) is 11.2. The minimum absolute atomic E-state index is 0.101. The largest absolute Gasteiger partial charge is 0.497 e. The Kier molecular flexibility index (Phi) is 4.99. The van der Waals surface area contributed by atoms with Crippen molar-refractivity contribution >= 4 is 17.0 Å². The third-order valence-corrected chi connectivity index (χ3v) is 5.20. The first-order valence-corrected chi connectivity index (χ1v) is 9.43. The van der Waals surface area contributed by atoms with Crippen LogP contribution in [-0.2, 0) is 17.8 Å². The van der Waals surface area contributed by atoms with Crippen molar-refractivity contribution in [1.29, 1.82) is 0 Å². The molecule has 0 fully saturated rings. The third kappa shape index (κ3) is 3.63. The van der Waals surface area contributed by atoms with Gasteiger partial charge in [-0.2, -0.15) is 5.10 Å². The number of nitrogens with zero attached hydrogens (tertiary/aromatic N) is 3. The van der Waals surface area contributed by atoms with Gasteiger partial charge < -0.3 is 14.8 Å². The van der Waals surface area contributed by atoms with E-state index in [1.807, 2.05) is 18.2 Å². The highest BCUT2D eigenvalue weighted by Crippen LogP contribution is 2.25. The fourth-order valence-electron chi connectivity index (χ4n) is 3.53. The molecule has 0 aliphatic carbocycles. The van der Waals surface area contributed by atoms with Gasteiger partial charge in [-0.1, -0.05) is 12.1 Å². The Morgan fingerprint density at radius 2 is 2.03 bits per heavy atom. The molecule has 0 saturated carbocycles. The predicted octanol–water partition coefficient (Wildman–Crippen LogP) is 3.87. The van der Waals surface area contributed by atoms with Crippen LogP contribution in [0.1, 0.15) is 22.5 Å². The third-order valence-electron chi connectivity index (χ3n) is 5.20. The summed E-state index contributed by atoms with van der Waals surface area (Å²) in [6.45, 7) is 3.78. The van der Waals surface area contributed by atoms with E-state index in [4.69, 9.17) is 9.84 Å². The van der Waals surface area contributed by atoms with E-state index in [1.165, 1.54) is 6.07 Å². The van der Waals surface area contributed by atoms with Gasteiger partial charge in [-0.05, 0) is 32.0 Å². The van der Waals surface area contributed by atoms with Crippen LogP contribution in [0.2, 0.25) is 0 Å². The fraction of sp³-hybridized carbons (Fsp3) is 0.227. The summed E-state index contributed by atoms with van der Waals surface area (Å²) < 4.78 is 21.7. The van der Waals surface area contributed by atoms with Gasteiger partial charge in [0.05, 0.1) is 36.8 Å². The van der Waals surface area contributed by atoms with Gasteiger partial charge in [0.15, 0.2) is 0 Å². The average molecular weight is 408 g/mol. The molecule has 0 amide bonds. The molecule has 0 radical (unpaired) electrons. The van der Waals surface area contributed by atoms with Crippen LogP contribution < -0.4 is 4.74 Å². The van der Waals surface area contributed by atoms with Gasteiger partial charge >= 0.3 is 5.97 Å². The van der Waals surface area contributed by atoms with Crippen LogP contribution in [-0.4, -0.2) is 37.9 Å². The molecule has 0 saturated heterocycles. The monoisotopic (exact) mass is 408 g/mol. The van der Waals surface area contributed by atoms with E-state index in [2.05, 4.69) is 15.1 Å². The van der Waals surface area contributed by atoms with Crippen LogP contribution in [0.5, 0.6) is 5.75 Å². The number of benzene rings is 2. The zero-order valence-electron chi connectivity index (χ0n) is 16.9. The molecule has 7 nitrogen and oxygen atoms in total. The molecule has 0 aliphatic heterocycles. The Morgan fingerprint density at radius 1 is 1.23 bits per heavy atom. The van der Waals surface area contributed by atoms with E-state index in [1.54, 1.807) is 37.8 Å². The SMILES string of the molecule is COc1ccc2nc(-c3ccc(Cn4nc(C)c(CC(=O)O)c4C)c(F)c3)[nH]c2c1. The lowest BCUT2D eigenvalue weighted by atomic mass is 10.1. The lowest BCUT2D eigenvalue weighted by Crippen LogP contribution is -2.07. The Labute approximate surface area is 172 Å². The first-order valence-electron chi connectivity index (χ1n) is 9.43. The highest BCUT2D eigenvalue weighted by Gasteiger charge is 2.16. The summed E-state index contributed by atoms with van der Waals surface area (Å²) in [5.74, 6) is -0.0115. The number of rotatable bonds is 6. The molecule has 0 atom stereocenters. The maximum Gasteiger partial charge on any atom is 0.307 e. The van der Waals surface area contributed by atoms with Crippen LogP contribution in [0.25, 0.3) is 22.4 Å². The summed E-state index contributed by atoms with van der Waals surface area (Å²) in [6.07, 6.45) is -0.101. The summed E-state index contributed by atoms with van der Waals surface area (Å²) in [7, 11) is 1.60. The van der Waals surface area contributed by atoms with Gasteiger partial charge in [-0.15, -0.1) is 0 Å². The molecule has 30 heavy (non-hydrogen) atoms. The molecule has 8 heteroatoms. The van der Waals surface area contributed by atoms with Crippen molar-refractivity contribution in [1.82, 2.24) is 19.7 Å². The highest BCUT2D eigenvalue weighted by atomic mass is 19.1. The molecule has 2 aromatic carbocycles. The van der Waals surface area contributed by atoms with Crippen molar-refractivity contribution in [3.05, 3.63) is 64.7 Å². The molecular weight excluding hydrogens is 387 g/mol. The van der Waals surface area contributed by atoms with E-state index in [0.29, 0.717) is 34.0 Å². The van der Waals surface area contributed by atoms with Gasteiger partial charge in [0.1, 0.15) is 17.4 Å². The quantitative estimate of drug-likeness (QED) is 0.505. The zero-order chi connectivity index (χ0) is 21.4. The second-order valence-electron chi connectivity index (χ2n) is 7.15. The van der Waals surface area contributed by atoms with Crippen LogP contribution in [0.15, 0.2) is 36.4 Å². The standard InChI is InChI=1S/C22H21FN4O3/c1-12-17(10-21(28)29)13(2)27(26-12)11-15-5-4-14(8-18(15)23)22-24-19-7-6-16(30-3)9-20(19)25-22/h4-9H,10-11H2,1-3H3,(H,24,25)(H,28,29). The molecule has 0 bridgehead atoms. The van der Waals surface area contributed by atoms with Crippen molar-refractivity contribution < 1.29 is 19.0 Å². The molecule has 0 spiro atoms. The number of carboxylic acid groups (broad SMARTS) is 1. The molecule has 2 aromatic heterocycles. The van der Waals surface area contributed by atoms with E-state index < -0.39 is 5.97 Å². The Hall–Kier alpha value is -3.68. The number of aromatic nitrogens is 4. The summed E-state index contributed by atoms with van der Waals surface area (Å²) in [5.41, 5.74) is 4.70. The maximum atomic E-state index is 14.8. The summed E-state index contributed by atoms with van der Waals surface area (Å²) in [6, 6.07) is 10.4. The number of fused-ring (bicyclic) bond motifs is 1. The molecule has 2 heterocycles. The minimum atomic E-state index is -0.917. The van der Waals surface area contributed by atoms with Crippen molar-refractivity contribution in [2.45, 2.75) is 26.8 Å². The Morgan fingerprint density at radius 3 is 2.73 bits per heavy atom. The lowest BCUT2D eigenvalue weighted by molar-refractivity contribution is -0.136. The van der Waals surface area contributed by atoms with Gasteiger partial charge in [0.2, 0.25) is 0 Å². The average Bonchev–Trinajstić information content (AvgIpc) is 3.25. The van der Waals surface area contributed by atoms with E-state index in [9.17, 15) is 9.18 Å². The number of methoxy groups -OCH3 is 1. The second-order valence-corrected chi connectivity index (χ2v) is 7.15. The predicted molar refractivity (Wildman–Crippen MR) is 110 cm³/mol. The van der Waals surface area contributed by atoms with Crippen LogP contribution in [0.3, 0.4) is 0 Å². The number of aliphatic carboxylic acids is 1. The number of carbonyl (C=O) groups is 1. The van der Waals surface area contributed by atoms with Crippen LogP contribution in [0, 0.1) is 19.7 Å². The second kappa shape index (κ2) is 7.62. The van der Waals surface area contributed by atoms with E-state index in [0.717, 1.165) is 16.7 Å². The number of carboxylic acids is 1. The number of aryl methyl sites for hydroxylation is 1. The number of halogens is 1. The zero-order valence-corrected chi connectivity index (χ0v) is 16.9. The van der Waals surface area contributed by atoms with E-state index in [-0.39, 0.29) is 18.8 Å². The Bertz CT molecular complexity index is 1260. The molecule has 4 rings (SSSR count). The van der Waals surface area contributed by atoms with Crippen molar-refractivity contribution in [2.24, 2.45) is 0 Å². The van der Waals surface area contributed by atoms with Gasteiger partial charge in [0, 0.05) is 28.5 Å². The number of H-pyrrole nitrogens is 1. The van der Waals surface area contributed by atoms with Gasteiger partial charge in [0.25, 0.3) is 0 Å². The van der Waals surface area contributed by atoms with Crippen LogP contribution in [0.4, 0.5) is 4.39 Å². The van der Waals surface area contributed by atoms with Crippen molar-refractivity contribution in [3.8, 4) is 17.1 Å². The van der Waals surface area contributed by atoms with E-state index >= 15 is 0 Å².